The molecule has 0 aliphatic heterocycles. The maximum Gasteiger partial charge on any atom is 0.0931 e. The largest absolute Gasteiger partial charge is 0.305 e. The quantitative estimate of drug-likeness (QED) is 0.861. The molecule has 2 rings (SSSR count). The summed E-state index contributed by atoms with van der Waals surface area (Å²) in [5.41, 5.74) is 1.27. The van der Waals surface area contributed by atoms with E-state index in [0.717, 1.165) is 10.9 Å². The predicted molar refractivity (Wildman–Crippen MR) is 68.9 cm³/mol. The van der Waals surface area contributed by atoms with Crippen molar-refractivity contribution in [2.45, 2.75) is 19.5 Å². The van der Waals surface area contributed by atoms with Crippen LogP contribution in [-0.2, 0) is 6.54 Å². The van der Waals surface area contributed by atoms with E-state index in [1.165, 1.54) is 10.4 Å². The van der Waals surface area contributed by atoms with Crippen molar-refractivity contribution in [3.8, 4) is 0 Å². The molecule has 0 spiro atoms. The lowest BCUT2D eigenvalue weighted by Gasteiger charge is -2.11. The van der Waals surface area contributed by atoms with Crippen LogP contribution in [0.25, 0.3) is 0 Å². The summed E-state index contributed by atoms with van der Waals surface area (Å²) in [7, 11) is 0. The van der Waals surface area contributed by atoms with Crippen molar-refractivity contribution in [3.63, 3.8) is 0 Å². The third kappa shape index (κ3) is 3.05. The Morgan fingerprint density at radius 2 is 2.33 bits per heavy atom. The lowest BCUT2D eigenvalue weighted by molar-refractivity contribution is 0.580. The van der Waals surface area contributed by atoms with E-state index in [2.05, 4.69) is 35.1 Å². The standard InChI is InChI=1S/C11H12ClNS2/c1-8(9-5-11(12)15-7-9)13-6-10-3-2-4-14-10/h2-5,7-8,13H,6H2,1H3. The van der Waals surface area contributed by atoms with E-state index in [9.17, 15) is 0 Å². The Kier molecular flexibility index (Phi) is 3.81. The summed E-state index contributed by atoms with van der Waals surface area (Å²) in [6.45, 7) is 3.08. The molecule has 0 saturated heterocycles. The van der Waals surface area contributed by atoms with Crippen LogP contribution in [0.5, 0.6) is 0 Å². The van der Waals surface area contributed by atoms with Crippen LogP contribution in [-0.4, -0.2) is 0 Å². The van der Waals surface area contributed by atoms with Crippen LogP contribution in [0.2, 0.25) is 4.34 Å². The average Bonchev–Trinajstić information content (AvgIpc) is 2.84. The molecule has 1 atom stereocenters. The molecule has 1 N–H and O–H groups in total. The van der Waals surface area contributed by atoms with E-state index >= 15 is 0 Å². The second-order valence-corrected chi connectivity index (χ2v) is 5.94. The van der Waals surface area contributed by atoms with Crippen molar-refractivity contribution in [1.29, 1.82) is 0 Å². The highest BCUT2D eigenvalue weighted by atomic mass is 35.5. The highest BCUT2D eigenvalue weighted by Gasteiger charge is 2.06. The summed E-state index contributed by atoms with van der Waals surface area (Å²) in [4.78, 5) is 1.36. The van der Waals surface area contributed by atoms with Gasteiger partial charge in [-0.2, -0.15) is 0 Å². The summed E-state index contributed by atoms with van der Waals surface area (Å²) >= 11 is 9.26. The van der Waals surface area contributed by atoms with Gasteiger partial charge in [0.1, 0.15) is 0 Å². The minimum absolute atomic E-state index is 0.357. The van der Waals surface area contributed by atoms with E-state index in [4.69, 9.17) is 11.6 Å². The van der Waals surface area contributed by atoms with Crippen molar-refractivity contribution in [3.05, 3.63) is 43.7 Å². The lowest BCUT2D eigenvalue weighted by Crippen LogP contribution is -2.16. The van der Waals surface area contributed by atoms with Crippen molar-refractivity contribution in [2.24, 2.45) is 0 Å². The summed E-state index contributed by atoms with van der Waals surface area (Å²) in [6.07, 6.45) is 0. The summed E-state index contributed by atoms with van der Waals surface area (Å²) in [5, 5.41) is 7.68. The van der Waals surface area contributed by atoms with Crippen LogP contribution < -0.4 is 5.32 Å². The molecule has 0 radical (unpaired) electrons. The van der Waals surface area contributed by atoms with Gasteiger partial charge in [0.15, 0.2) is 0 Å². The molecule has 0 saturated carbocycles. The van der Waals surface area contributed by atoms with E-state index in [-0.39, 0.29) is 0 Å². The minimum atomic E-state index is 0.357. The third-order valence-corrected chi connectivity index (χ3v) is 4.24. The van der Waals surface area contributed by atoms with Crippen LogP contribution in [0.15, 0.2) is 29.0 Å². The molecule has 0 fully saturated rings. The molecule has 1 unspecified atom stereocenters. The Morgan fingerprint density at radius 1 is 1.47 bits per heavy atom. The van der Waals surface area contributed by atoms with E-state index in [1.54, 1.807) is 22.7 Å². The third-order valence-electron chi connectivity index (χ3n) is 2.25. The number of hydrogen-bond acceptors (Lipinski definition) is 3. The van der Waals surface area contributed by atoms with Gasteiger partial charge in [-0.3, -0.25) is 0 Å². The summed E-state index contributed by atoms with van der Waals surface area (Å²) in [5.74, 6) is 0. The fraction of sp³-hybridized carbons (Fsp3) is 0.273. The van der Waals surface area contributed by atoms with Gasteiger partial charge < -0.3 is 5.32 Å². The first-order chi connectivity index (χ1) is 7.25. The molecule has 2 heterocycles. The average molecular weight is 258 g/mol. The minimum Gasteiger partial charge on any atom is -0.305 e. The fourth-order valence-corrected chi connectivity index (χ4v) is 2.98. The molecule has 2 aromatic rings. The molecule has 0 bridgehead atoms. The van der Waals surface area contributed by atoms with Crippen molar-refractivity contribution < 1.29 is 0 Å². The van der Waals surface area contributed by atoms with Gasteiger partial charge in [0.25, 0.3) is 0 Å². The molecule has 0 amide bonds. The maximum absolute atomic E-state index is 5.90. The maximum atomic E-state index is 5.90. The monoisotopic (exact) mass is 257 g/mol. The molecular formula is C11H12ClNS2. The number of hydrogen-bond donors (Lipinski definition) is 1. The number of nitrogens with one attached hydrogen (secondary N) is 1. The Morgan fingerprint density at radius 3 is 2.93 bits per heavy atom. The molecule has 2 aromatic heterocycles. The summed E-state index contributed by atoms with van der Waals surface area (Å²) < 4.78 is 0.856. The van der Waals surface area contributed by atoms with Gasteiger partial charge >= 0.3 is 0 Å². The molecule has 4 heteroatoms. The van der Waals surface area contributed by atoms with Crippen molar-refractivity contribution in [2.75, 3.05) is 0 Å². The normalized spacial score (nSPS) is 12.9. The Hall–Kier alpha value is -0.350. The highest BCUT2D eigenvalue weighted by Crippen LogP contribution is 2.24. The molecule has 1 nitrogen and oxygen atoms in total. The van der Waals surface area contributed by atoms with Gasteiger partial charge in [0.05, 0.1) is 4.34 Å². The smallest absolute Gasteiger partial charge is 0.0931 e. The Labute approximate surface area is 103 Å². The van der Waals surface area contributed by atoms with E-state index in [0.29, 0.717) is 6.04 Å². The van der Waals surface area contributed by atoms with Crippen molar-refractivity contribution in [1.82, 2.24) is 5.32 Å². The lowest BCUT2D eigenvalue weighted by atomic mass is 10.2. The zero-order valence-electron chi connectivity index (χ0n) is 8.37. The summed E-state index contributed by atoms with van der Waals surface area (Å²) in [6, 6.07) is 6.60. The first kappa shape index (κ1) is 11.1. The second-order valence-electron chi connectivity index (χ2n) is 3.37. The number of thiophene rings is 2. The fourth-order valence-electron chi connectivity index (χ4n) is 1.34. The second kappa shape index (κ2) is 5.12. The SMILES string of the molecule is CC(NCc1cccs1)c1csc(Cl)c1. The Bertz CT molecular complexity index is 408. The zero-order valence-corrected chi connectivity index (χ0v) is 10.8. The molecule has 80 valence electrons. The number of rotatable bonds is 4. The van der Waals surface area contributed by atoms with Crippen LogP contribution in [0, 0.1) is 0 Å². The first-order valence-corrected chi connectivity index (χ1v) is 6.89. The van der Waals surface area contributed by atoms with Gasteiger partial charge in [-0.15, -0.1) is 22.7 Å². The van der Waals surface area contributed by atoms with Crippen molar-refractivity contribution >= 4 is 34.3 Å². The van der Waals surface area contributed by atoms with E-state index < -0.39 is 0 Å². The predicted octanol–water partition coefficient (Wildman–Crippen LogP) is 4.31. The van der Waals surface area contributed by atoms with Crippen LogP contribution >= 0.6 is 34.3 Å². The van der Waals surface area contributed by atoms with Gasteiger partial charge in [-0.05, 0) is 35.4 Å². The molecule has 0 aromatic carbocycles. The molecule has 0 aliphatic rings. The molecule has 15 heavy (non-hydrogen) atoms. The van der Waals surface area contributed by atoms with Crippen LogP contribution in [0.3, 0.4) is 0 Å². The first-order valence-electron chi connectivity index (χ1n) is 4.75. The highest BCUT2D eigenvalue weighted by molar-refractivity contribution is 7.14. The molecule has 0 aliphatic carbocycles. The van der Waals surface area contributed by atoms with Gasteiger partial charge in [0, 0.05) is 17.5 Å². The van der Waals surface area contributed by atoms with Gasteiger partial charge in [-0.25, -0.2) is 0 Å². The van der Waals surface area contributed by atoms with Crippen LogP contribution in [0.1, 0.15) is 23.4 Å². The zero-order chi connectivity index (χ0) is 10.7. The topological polar surface area (TPSA) is 12.0 Å². The van der Waals surface area contributed by atoms with E-state index in [1.807, 2.05) is 6.07 Å². The molecular weight excluding hydrogens is 246 g/mol. The van der Waals surface area contributed by atoms with Gasteiger partial charge in [-0.1, -0.05) is 17.7 Å². The Balaban J connectivity index is 1.90. The van der Waals surface area contributed by atoms with Crippen LogP contribution in [0.4, 0.5) is 0 Å². The number of halogens is 1. The van der Waals surface area contributed by atoms with Gasteiger partial charge in [0.2, 0.25) is 0 Å².